The molecule has 0 heterocycles. The SMILES string of the molecule is Cc1c(CCCCO)c(CCCCO)c(CCCCO)c(CCCCO)c1CCCCO.Cc1ccccc1.Cc1ccccc1.Cc1ccccc1.Cc1ccccc1. The highest BCUT2D eigenvalue weighted by Gasteiger charge is 2.21. The Kier molecular flexibility index (Phi) is 33.0. The van der Waals surface area contributed by atoms with Crippen molar-refractivity contribution in [3.8, 4) is 0 Å². The Labute approximate surface area is 365 Å². The molecule has 5 N–H and O–H groups in total. The van der Waals surface area contributed by atoms with Gasteiger partial charge in [-0.25, -0.2) is 0 Å². The van der Waals surface area contributed by atoms with Gasteiger partial charge in [0.2, 0.25) is 0 Å². The maximum Gasteiger partial charge on any atom is 0.0431 e. The van der Waals surface area contributed by atoms with Gasteiger partial charge in [0.25, 0.3) is 0 Å². The van der Waals surface area contributed by atoms with Crippen LogP contribution in [0.15, 0.2) is 121 Å². The third-order valence-corrected chi connectivity index (χ3v) is 10.3. The number of aryl methyl sites for hydroxylation is 4. The van der Waals surface area contributed by atoms with Gasteiger partial charge in [-0.05, 0) is 164 Å². The van der Waals surface area contributed by atoms with E-state index in [2.05, 4.69) is 83.1 Å². The van der Waals surface area contributed by atoms with Crippen LogP contribution in [-0.2, 0) is 32.1 Å². The Morgan fingerprint density at radius 2 is 0.433 bits per heavy atom. The highest BCUT2D eigenvalue weighted by Crippen LogP contribution is 2.34. The summed E-state index contributed by atoms with van der Waals surface area (Å²) in [7, 11) is 0. The summed E-state index contributed by atoms with van der Waals surface area (Å²) in [5, 5.41) is 46.7. The van der Waals surface area contributed by atoms with Crippen LogP contribution in [0.1, 0.15) is 120 Å². The van der Waals surface area contributed by atoms with E-state index in [0.29, 0.717) is 0 Å². The summed E-state index contributed by atoms with van der Waals surface area (Å²) in [5.74, 6) is 0. The molecule has 5 aromatic rings. The lowest BCUT2D eigenvalue weighted by Crippen LogP contribution is -2.14. The molecular weight excluding hydrogens is 741 g/mol. The van der Waals surface area contributed by atoms with Gasteiger partial charge in [-0.2, -0.15) is 0 Å². The molecule has 60 heavy (non-hydrogen) atoms. The first kappa shape index (κ1) is 53.9. The van der Waals surface area contributed by atoms with E-state index < -0.39 is 0 Å². The van der Waals surface area contributed by atoms with Crippen molar-refractivity contribution in [3.63, 3.8) is 0 Å². The molecule has 0 aromatic heterocycles. The van der Waals surface area contributed by atoms with Crippen LogP contribution in [0, 0.1) is 34.6 Å². The number of unbranched alkanes of at least 4 members (excludes halogenated alkanes) is 5. The molecule has 0 atom stereocenters. The molecule has 0 aliphatic heterocycles. The molecular formula is C55H80O5. The standard InChI is InChI=1S/C27H48O5.4C7H8/c1-22-23(12-2-7-17-28)25(14-4-9-19-30)27(16-6-11-21-32)26(15-5-10-20-31)24(22)13-3-8-18-29;4*1-7-5-3-2-4-6-7/h28-32H,2-21H2,1H3;4*2-6H,1H3. The van der Waals surface area contributed by atoms with E-state index in [1.165, 1.54) is 55.6 Å². The quantitative estimate of drug-likeness (QED) is 0.0504. The number of hydrogen-bond donors (Lipinski definition) is 5. The average molecular weight is 821 g/mol. The van der Waals surface area contributed by atoms with E-state index in [1.807, 2.05) is 72.8 Å². The topological polar surface area (TPSA) is 101 Å². The number of rotatable bonds is 20. The average Bonchev–Trinajstić information content (AvgIpc) is 3.26. The van der Waals surface area contributed by atoms with E-state index in [4.69, 9.17) is 0 Å². The number of aliphatic hydroxyl groups excluding tert-OH is 5. The monoisotopic (exact) mass is 821 g/mol. The maximum atomic E-state index is 9.37. The van der Waals surface area contributed by atoms with Crippen LogP contribution < -0.4 is 0 Å². The smallest absolute Gasteiger partial charge is 0.0431 e. The molecule has 0 aliphatic carbocycles. The molecule has 0 saturated carbocycles. The fourth-order valence-corrected chi connectivity index (χ4v) is 6.97. The van der Waals surface area contributed by atoms with Crippen LogP contribution in [0.2, 0.25) is 0 Å². The molecule has 5 aromatic carbocycles. The Balaban J connectivity index is 0.000000501. The molecule has 0 aliphatic rings. The first-order valence-electron chi connectivity index (χ1n) is 22.5. The molecule has 0 bridgehead atoms. The predicted octanol–water partition coefficient (Wildman–Crippen LogP) is 11.6. The highest BCUT2D eigenvalue weighted by atomic mass is 16.3. The summed E-state index contributed by atoms with van der Waals surface area (Å²) in [4.78, 5) is 0. The second-order valence-electron chi connectivity index (χ2n) is 15.5. The van der Waals surface area contributed by atoms with Crippen molar-refractivity contribution in [2.24, 2.45) is 0 Å². The molecule has 5 rings (SSSR count). The van der Waals surface area contributed by atoms with Crippen LogP contribution in [0.4, 0.5) is 0 Å². The lowest BCUT2D eigenvalue weighted by atomic mass is 9.79. The zero-order valence-electron chi connectivity index (χ0n) is 37.9. The molecule has 0 radical (unpaired) electrons. The van der Waals surface area contributed by atoms with Gasteiger partial charge in [-0.1, -0.05) is 144 Å². The van der Waals surface area contributed by atoms with E-state index in [-0.39, 0.29) is 33.0 Å². The summed E-state index contributed by atoms with van der Waals surface area (Å²) in [6, 6.07) is 41.0. The van der Waals surface area contributed by atoms with E-state index in [1.54, 1.807) is 0 Å². The van der Waals surface area contributed by atoms with Gasteiger partial charge in [0.15, 0.2) is 0 Å². The van der Waals surface area contributed by atoms with Crippen molar-refractivity contribution in [2.75, 3.05) is 33.0 Å². The molecule has 0 spiro atoms. The number of aliphatic hydroxyl groups is 5. The first-order chi connectivity index (χ1) is 29.2. The van der Waals surface area contributed by atoms with Gasteiger partial charge in [0, 0.05) is 33.0 Å². The summed E-state index contributed by atoms with van der Waals surface area (Å²) in [6.45, 7) is 11.6. The largest absolute Gasteiger partial charge is 0.396 e. The summed E-state index contributed by atoms with van der Waals surface area (Å²) >= 11 is 0. The molecule has 0 saturated heterocycles. The van der Waals surface area contributed by atoms with Crippen molar-refractivity contribution < 1.29 is 25.5 Å². The van der Waals surface area contributed by atoms with Crippen molar-refractivity contribution in [1.82, 2.24) is 0 Å². The summed E-state index contributed by atoms with van der Waals surface area (Å²) in [6.07, 6.45) is 13.5. The summed E-state index contributed by atoms with van der Waals surface area (Å²) < 4.78 is 0. The van der Waals surface area contributed by atoms with Crippen LogP contribution in [0.5, 0.6) is 0 Å². The van der Waals surface area contributed by atoms with Crippen LogP contribution >= 0.6 is 0 Å². The lowest BCUT2D eigenvalue weighted by Gasteiger charge is -2.26. The Hall–Kier alpha value is -4.10. The lowest BCUT2D eigenvalue weighted by molar-refractivity contribution is 0.282. The van der Waals surface area contributed by atoms with Gasteiger partial charge in [0.05, 0.1) is 0 Å². The highest BCUT2D eigenvalue weighted by molar-refractivity contribution is 5.52. The fraction of sp³-hybridized carbons (Fsp3) is 0.455. The zero-order chi connectivity index (χ0) is 44.1. The van der Waals surface area contributed by atoms with Crippen LogP contribution in [0.3, 0.4) is 0 Å². The molecule has 0 fully saturated rings. The number of benzene rings is 5. The Bertz CT molecular complexity index is 1500. The van der Waals surface area contributed by atoms with E-state index in [9.17, 15) is 25.5 Å². The minimum atomic E-state index is 0.207. The molecule has 5 heteroatoms. The van der Waals surface area contributed by atoms with Crippen molar-refractivity contribution >= 4 is 0 Å². The molecule has 0 unspecified atom stereocenters. The predicted molar refractivity (Wildman–Crippen MR) is 256 cm³/mol. The summed E-state index contributed by atoms with van der Waals surface area (Å²) in [5.41, 5.74) is 13.8. The molecule has 330 valence electrons. The van der Waals surface area contributed by atoms with Crippen LogP contribution in [-0.4, -0.2) is 58.6 Å². The minimum Gasteiger partial charge on any atom is -0.396 e. The van der Waals surface area contributed by atoms with Crippen molar-refractivity contribution in [3.05, 3.63) is 177 Å². The minimum absolute atomic E-state index is 0.207. The Morgan fingerprint density at radius 3 is 0.600 bits per heavy atom. The van der Waals surface area contributed by atoms with Gasteiger partial charge >= 0.3 is 0 Å². The first-order valence-corrected chi connectivity index (χ1v) is 22.5. The Morgan fingerprint density at radius 1 is 0.250 bits per heavy atom. The number of hydrogen-bond acceptors (Lipinski definition) is 5. The normalized spacial score (nSPS) is 10.2. The van der Waals surface area contributed by atoms with E-state index >= 15 is 0 Å². The third-order valence-electron chi connectivity index (χ3n) is 10.3. The maximum absolute atomic E-state index is 9.37. The van der Waals surface area contributed by atoms with Crippen LogP contribution in [0.25, 0.3) is 0 Å². The molecule has 0 amide bonds. The second-order valence-corrected chi connectivity index (χ2v) is 15.5. The van der Waals surface area contributed by atoms with Gasteiger partial charge in [-0.3, -0.25) is 0 Å². The van der Waals surface area contributed by atoms with E-state index in [0.717, 1.165) is 96.3 Å². The van der Waals surface area contributed by atoms with Gasteiger partial charge < -0.3 is 25.5 Å². The molecule has 5 nitrogen and oxygen atoms in total. The fourth-order valence-electron chi connectivity index (χ4n) is 6.97. The van der Waals surface area contributed by atoms with Gasteiger partial charge in [-0.15, -0.1) is 0 Å². The second kappa shape index (κ2) is 36.7. The van der Waals surface area contributed by atoms with Gasteiger partial charge in [0.1, 0.15) is 0 Å². The third kappa shape index (κ3) is 25.5. The van der Waals surface area contributed by atoms with Crippen molar-refractivity contribution in [1.29, 1.82) is 0 Å². The van der Waals surface area contributed by atoms with Crippen molar-refractivity contribution in [2.45, 2.75) is 131 Å². The zero-order valence-corrected chi connectivity index (χ0v) is 37.9.